The van der Waals surface area contributed by atoms with Crippen LogP contribution in [0.3, 0.4) is 0 Å². The summed E-state index contributed by atoms with van der Waals surface area (Å²) in [4.78, 5) is 8.56. The van der Waals surface area contributed by atoms with Crippen LogP contribution in [0.1, 0.15) is 5.56 Å². The smallest absolute Gasteiger partial charge is 0.146 e. The first-order valence-electron chi connectivity index (χ1n) is 7.62. The molecule has 0 fully saturated rings. The summed E-state index contributed by atoms with van der Waals surface area (Å²) in [5.74, 6) is 0.722. The summed E-state index contributed by atoms with van der Waals surface area (Å²) in [5, 5.41) is 5.37. The van der Waals surface area contributed by atoms with E-state index in [-0.39, 0.29) is 0 Å². The molecular weight excluding hydrogens is 298 g/mol. The molecule has 5 nitrogen and oxygen atoms in total. The molecule has 2 heterocycles. The third-order valence-electron chi connectivity index (χ3n) is 3.69. The maximum Gasteiger partial charge on any atom is 0.146 e. The van der Waals surface area contributed by atoms with E-state index in [0.29, 0.717) is 0 Å². The molecule has 0 saturated carbocycles. The van der Waals surface area contributed by atoms with E-state index in [0.717, 1.165) is 28.0 Å². The first kappa shape index (κ1) is 14.1. The second kappa shape index (κ2) is 6.34. The molecule has 116 valence electrons. The number of pyridine rings is 1. The lowest BCUT2D eigenvalue weighted by atomic mass is 10.2. The molecule has 4 rings (SSSR count). The average Bonchev–Trinajstić information content (AvgIpc) is 3.17. The van der Waals surface area contributed by atoms with Crippen LogP contribution in [-0.4, -0.2) is 20.7 Å². The number of nitrogens with one attached hydrogen (secondary N) is 1. The van der Waals surface area contributed by atoms with Crippen LogP contribution in [0.15, 0.2) is 84.5 Å². The van der Waals surface area contributed by atoms with Gasteiger partial charge in [0, 0.05) is 23.5 Å². The highest BCUT2D eigenvalue weighted by Gasteiger charge is 1.97. The minimum Gasteiger partial charge on any atom is -0.306 e. The molecule has 0 bridgehead atoms. The molecule has 2 aromatic heterocycles. The standard InChI is InChI=1S/C19H15N5/c1-2-4-18-16(3-1)7-10-19(22-18)23-21-13-15-5-8-17(9-6-15)24-12-11-20-14-24/h1-14H,(H,22,23)/b21-13+. The lowest BCUT2D eigenvalue weighted by Crippen LogP contribution is -1.94. The van der Waals surface area contributed by atoms with Gasteiger partial charge in [0.1, 0.15) is 5.82 Å². The molecule has 0 aliphatic carbocycles. The SMILES string of the molecule is C(=N\Nc1ccc2ccccc2n1)/c1ccc(-n2ccnc2)cc1. The van der Waals surface area contributed by atoms with Crippen molar-refractivity contribution in [2.24, 2.45) is 5.10 Å². The maximum absolute atomic E-state index is 4.52. The van der Waals surface area contributed by atoms with E-state index >= 15 is 0 Å². The first-order chi connectivity index (χ1) is 11.9. The molecule has 5 heteroatoms. The molecule has 0 radical (unpaired) electrons. The summed E-state index contributed by atoms with van der Waals surface area (Å²) in [6.07, 6.45) is 7.22. The molecular formula is C19H15N5. The van der Waals surface area contributed by atoms with Crippen molar-refractivity contribution in [3.05, 3.63) is 84.9 Å². The van der Waals surface area contributed by atoms with Crippen molar-refractivity contribution >= 4 is 22.9 Å². The predicted octanol–water partition coefficient (Wildman–Crippen LogP) is 3.87. The van der Waals surface area contributed by atoms with E-state index in [1.165, 1.54) is 0 Å². The van der Waals surface area contributed by atoms with Gasteiger partial charge in [0.05, 0.1) is 18.1 Å². The Morgan fingerprint density at radius 1 is 0.958 bits per heavy atom. The number of hydrazone groups is 1. The van der Waals surface area contributed by atoms with Gasteiger partial charge in [-0.2, -0.15) is 5.10 Å². The van der Waals surface area contributed by atoms with Gasteiger partial charge in [0.15, 0.2) is 0 Å². The number of nitrogens with zero attached hydrogens (tertiary/aromatic N) is 4. The van der Waals surface area contributed by atoms with Gasteiger partial charge in [-0.15, -0.1) is 0 Å². The number of benzene rings is 2. The predicted molar refractivity (Wildman–Crippen MR) is 96.5 cm³/mol. The molecule has 0 unspecified atom stereocenters. The van der Waals surface area contributed by atoms with Crippen molar-refractivity contribution in [2.45, 2.75) is 0 Å². The number of para-hydroxylation sites is 1. The van der Waals surface area contributed by atoms with Crippen molar-refractivity contribution in [3.63, 3.8) is 0 Å². The number of rotatable bonds is 4. The zero-order valence-electron chi connectivity index (χ0n) is 12.9. The van der Waals surface area contributed by atoms with Crippen molar-refractivity contribution in [1.29, 1.82) is 0 Å². The minimum atomic E-state index is 0.722. The average molecular weight is 313 g/mol. The van der Waals surface area contributed by atoms with Crippen LogP contribution < -0.4 is 5.43 Å². The number of aromatic nitrogens is 3. The van der Waals surface area contributed by atoms with E-state index in [9.17, 15) is 0 Å². The molecule has 0 atom stereocenters. The van der Waals surface area contributed by atoms with Crippen LogP contribution in [0, 0.1) is 0 Å². The summed E-state index contributed by atoms with van der Waals surface area (Å²) < 4.78 is 1.96. The van der Waals surface area contributed by atoms with Crippen LogP contribution in [0.5, 0.6) is 0 Å². The van der Waals surface area contributed by atoms with Gasteiger partial charge in [0.2, 0.25) is 0 Å². The monoisotopic (exact) mass is 313 g/mol. The first-order valence-corrected chi connectivity index (χ1v) is 7.62. The Kier molecular flexibility index (Phi) is 3.73. The third-order valence-corrected chi connectivity index (χ3v) is 3.69. The highest BCUT2D eigenvalue weighted by atomic mass is 15.3. The number of fused-ring (bicyclic) bond motifs is 1. The lowest BCUT2D eigenvalue weighted by molar-refractivity contribution is 1.06. The molecule has 0 saturated heterocycles. The maximum atomic E-state index is 4.52. The fourth-order valence-electron chi connectivity index (χ4n) is 2.45. The topological polar surface area (TPSA) is 55.1 Å². The Balaban J connectivity index is 1.46. The van der Waals surface area contributed by atoms with Gasteiger partial charge in [-0.05, 0) is 35.9 Å². The lowest BCUT2D eigenvalue weighted by Gasteiger charge is -2.03. The highest BCUT2D eigenvalue weighted by Crippen LogP contribution is 2.14. The van der Waals surface area contributed by atoms with Gasteiger partial charge in [-0.1, -0.05) is 30.3 Å². The van der Waals surface area contributed by atoms with Gasteiger partial charge < -0.3 is 4.57 Å². The second-order valence-corrected chi connectivity index (χ2v) is 5.32. The van der Waals surface area contributed by atoms with Gasteiger partial charge in [0.25, 0.3) is 0 Å². The van der Waals surface area contributed by atoms with E-state index in [4.69, 9.17) is 0 Å². The van der Waals surface area contributed by atoms with Crippen LogP contribution in [0.4, 0.5) is 5.82 Å². The highest BCUT2D eigenvalue weighted by molar-refractivity contribution is 5.82. The van der Waals surface area contributed by atoms with E-state index in [2.05, 4.69) is 20.5 Å². The van der Waals surface area contributed by atoms with E-state index < -0.39 is 0 Å². The van der Waals surface area contributed by atoms with Gasteiger partial charge in [-0.25, -0.2) is 9.97 Å². The zero-order chi connectivity index (χ0) is 16.2. The number of anilines is 1. The largest absolute Gasteiger partial charge is 0.306 e. The Morgan fingerprint density at radius 3 is 2.67 bits per heavy atom. The Hall–Kier alpha value is -3.47. The van der Waals surface area contributed by atoms with Gasteiger partial charge >= 0.3 is 0 Å². The number of hydrogen-bond acceptors (Lipinski definition) is 4. The van der Waals surface area contributed by atoms with Crippen LogP contribution in [-0.2, 0) is 0 Å². The van der Waals surface area contributed by atoms with E-state index in [1.807, 2.05) is 71.4 Å². The van der Waals surface area contributed by atoms with Crippen LogP contribution in [0.25, 0.3) is 16.6 Å². The number of hydrogen-bond donors (Lipinski definition) is 1. The van der Waals surface area contributed by atoms with Crippen molar-refractivity contribution in [3.8, 4) is 5.69 Å². The molecule has 0 amide bonds. The third kappa shape index (κ3) is 3.01. The summed E-state index contributed by atoms with van der Waals surface area (Å²) in [7, 11) is 0. The Morgan fingerprint density at radius 2 is 1.83 bits per heavy atom. The summed E-state index contributed by atoms with van der Waals surface area (Å²) in [6.45, 7) is 0. The summed E-state index contributed by atoms with van der Waals surface area (Å²) >= 11 is 0. The van der Waals surface area contributed by atoms with Gasteiger partial charge in [-0.3, -0.25) is 5.43 Å². The fourth-order valence-corrected chi connectivity index (χ4v) is 2.45. The second-order valence-electron chi connectivity index (χ2n) is 5.32. The fraction of sp³-hybridized carbons (Fsp3) is 0. The number of imidazole rings is 1. The molecule has 0 aliphatic rings. The molecule has 2 aromatic carbocycles. The van der Waals surface area contributed by atoms with Crippen LogP contribution >= 0.6 is 0 Å². The molecule has 0 aliphatic heterocycles. The van der Waals surface area contributed by atoms with E-state index in [1.54, 1.807) is 18.7 Å². The quantitative estimate of drug-likeness (QED) is 0.460. The summed E-state index contributed by atoms with van der Waals surface area (Å²) in [5.41, 5.74) is 5.99. The van der Waals surface area contributed by atoms with Crippen molar-refractivity contribution in [1.82, 2.24) is 14.5 Å². The molecule has 1 N–H and O–H groups in total. The van der Waals surface area contributed by atoms with Crippen molar-refractivity contribution in [2.75, 3.05) is 5.43 Å². The molecule has 4 aromatic rings. The Bertz CT molecular complexity index is 972. The molecule has 24 heavy (non-hydrogen) atoms. The summed E-state index contributed by atoms with van der Waals surface area (Å²) in [6, 6.07) is 20.0. The Labute approximate surface area is 139 Å². The normalized spacial score (nSPS) is 11.2. The molecule has 0 spiro atoms. The minimum absolute atomic E-state index is 0.722. The van der Waals surface area contributed by atoms with Crippen LogP contribution in [0.2, 0.25) is 0 Å². The van der Waals surface area contributed by atoms with Crippen molar-refractivity contribution < 1.29 is 0 Å². The zero-order valence-corrected chi connectivity index (χ0v) is 12.9.